The van der Waals surface area contributed by atoms with Crippen LogP contribution in [0.25, 0.3) is 0 Å². The van der Waals surface area contributed by atoms with Crippen molar-refractivity contribution in [1.29, 1.82) is 0 Å². The molecule has 1 amide bonds. The number of carbonyl (C=O) groups excluding carboxylic acids is 1. The van der Waals surface area contributed by atoms with Gasteiger partial charge < -0.3 is 4.90 Å². The molecule has 0 atom stereocenters. The molecule has 0 unspecified atom stereocenters. The lowest BCUT2D eigenvalue weighted by Crippen LogP contribution is -2.27. The third-order valence-corrected chi connectivity index (χ3v) is 4.20. The highest BCUT2D eigenvalue weighted by Gasteiger charge is 2.11. The van der Waals surface area contributed by atoms with Crippen LogP contribution in [0.3, 0.4) is 0 Å². The number of pyridine rings is 1. The second-order valence-electron chi connectivity index (χ2n) is 4.02. The van der Waals surface area contributed by atoms with E-state index >= 15 is 0 Å². The van der Waals surface area contributed by atoms with Crippen LogP contribution in [0.2, 0.25) is 0 Å². The van der Waals surface area contributed by atoms with Crippen LogP contribution in [-0.2, 0) is 17.8 Å². The first-order valence-corrected chi connectivity index (χ1v) is 7.18. The lowest BCUT2D eigenvalue weighted by molar-refractivity contribution is -0.129. The molecule has 94 valence electrons. The predicted octanol–water partition coefficient (Wildman–Crippen LogP) is 3.11. The van der Waals surface area contributed by atoms with Gasteiger partial charge in [0, 0.05) is 34.2 Å². The van der Waals surface area contributed by atoms with Gasteiger partial charge >= 0.3 is 0 Å². The van der Waals surface area contributed by atoms with Crippen LogP contribution in [0.1, 0.15) is 10.4 Å². The minimum absolute atomic E-state index is 0.104. The SMILES string of the molecule is CN(Cc1cc(Br)cs1)C(=O)Cc1cccnc1. The predicted molar refractivity (Wildman–Crippen MR) is 76.4 cm³/mol. The summed E-state index contributed by atoms with van der Waals surface area (Å²) in [6.45, 7) is 0.648. The summed E-state index contributed by atoms with van der Waals surface area (Å²) in [5.74, 6) is 0.104. The van der Waals surface area contributed by atoms with E-state index in [0.29, 0.717) is 13.0 Å². The maximum atomic E-state index is 12.0. The number of rotatable bonds is 4. The molecule has 2 heterocycles. The number of likely N-dealkylation sites (N-methyl/N-ethyl adjacent to an activating group) is 1. The molecule has 0 aliphatic heterocycles. The first-order valence-electron chi connectivity index (χ1n) is 5.51. The first-order chi connectivity index (χ1) is 8.65. The average molecular weight is 325 g/mol. The molecule has 0 radical (unpaired) electrons. The van der Waals surface area contributed by atoms with Crippen LogP contribution in [0.4, 0.5) is 0 Å². The molecular formula is C13H13BrN2OS. The smallest absolute Gasteiger partial charge is 0.227 e. The van der Waals surface area contributed by atoms with Crippen LogP contribution in [0, 0.1) is 0 Å². The zero-order valence-electron chi connectivity index (χ0n) is 9.97. The van der Waals surface area contributed by atoms with Crippen LogP contribution in [0.15, 0.2) is 40.4 Å². The van der Waals surface area contributed by atoms with Crippen molar-refractivity contribution >= 4 is 33.2 Å². The zero-order valence-corrected chi connectivity index (χ0v) is 12.4. The standard InChI is InChI=1S/C13H13BrN2OS/c1-16(8-12-6-11(14)9-18-12)13(17)5-10-3-2-4-15-7-10/h2-4,6-7,9H,5,8H2,1H3. The molecule has 5 heteroatoms. The van der Waals surface area contributed by atoms with E-state index < -0.39 is 0 Å². The lowest BCUT2D eigenvalue weighted by atomic mass is 10.2. The molecule has 0 aromatic carbocycles. The second-order valence-corrected chi connectivity index (χ2v) is 5.93. The summed E-state index contributed by atoms with van der Waals surface area (Å²) in [6, 6.07) is 5.80. The van der Waals surface area contributed by atoms with Gasteiger partial charge in [-0.15, -0.1) is 11.3 Å². The molecule has 3 nitrogen and oxygen atoms in total. The summed E-state index contributed by atoms with van der Waals surface area (Å²) in [5, 5.41) is 2.02. The topological polar surface area (TPSA) is 33.2 Å². The Kier molecular flexibility index (Phi) is 4.49. The monoisotopic (exact) mass is 324 g/mol. The van der Waals surface area contributed by atoms with Crippen molar-refractivity contribution in [3.63, 3.8) is 0 Å². The number of nitrogens with zero attached hydrogens (tertiary/aromatic N) is 2. The van der Waals surface area contributed by atoms with Crippen molar-refractivity contribution in [3.8, 4) is 0 Å². The number of halogens is 1. The molecule has 2 rings (SSSR count). The Labute approximate surface area is 119 Å². The van der Waals surface area contributed by atoms with Gasteiger partial charge in [-0.25, -0.2) is 0 Å². The van der Waals surface area contributed by atoms with Gasteiger partial charge in [0.2, 0.25) is 5.91 Å². The maximum Gasteiger partial charge on any atom is 0.227 e. The molecule has 0 fully saturated rings. The van der Waals surface area contributed by atoms with E-state index in [9.17, 15) is 4.79 Å². The molecule has 0 spiro atoms. The van der Waals surface area contributed by atoms with Crippen LogP contribution >= 0.6 is 27.3 Å². The van der Waals surface area contributed by atoms with E-state index in [1.54, 1.807) is 28.6 Å². The van der Waals surface area contributed by atoms with Crippen LogP contribution < -0.4 is 0 Å². The molecular weight excluding hydrogens is 312 g/mol. The number of carbonyl (C=O) groups is 1. The Hall–Kier alpha value is -1.20. The van der Waals surface area contributed by atoms with Gasteiger partial charge in [0.1, 0.15) is 0 Å². The highest BCUT2D eigenvalue weighted by molar-refractivity contribution is 9.10. The summed E-state index contributed by atoms with van der Waals surface area (Å²) in [4.78, 5) is 18.9. The van der Waals surface area contributed by atoms with Crippen LogP contribution in [-0.4, -0.2) is 22.8 Å². The summed E-state index contributed by atoms with van der Waals surface area (Å²) < 4.78 is 1.07. The Morgan fingerprint density at radius 2 is 2.39 bits per heavy atom. The molecule has 0 saturated heterocycles. The van der Waals surface area contributed by atoms with Crippen molar-refractivity contribution < 1.29 is 4.79 Å². The van der Waals surface area contributed by atoms with E-state index in [1.807, 2.05) is 30.6 Å². The van der Waals surface area contributed by atoms with E-state index in [0.717, 1.165) is 10.0 Å². The van der Waals surface area contributed by atoms with Gasteiger partial charge in [-0.2, -0.15) is 0 Å². The van der Waals surface area contributed by atoms with Gasteiger partial charge in [0.25, 0.3) is 0 Å². The normalized spacial score (nSPS) is 10.3. The Bertz CT molecular complexity index is 527. The highest BCUT2D eigenvalue weighted by atomic mass is 79.9. The largest absolute Gasteiger partial charge is 0.340 e. The molecule has 0 aliphatic carbocycles. The minimum atomic E-state index is 0.104. The third kappa shape index (κ3) is 3.65. The fourth-order valence-electron chi connectivity index (χ4n) is 1.57. The fourth-order valence-corrected chi connectivity index (χ4v) is 3.07. The highest BCUT2D eigenvalue weighted by Crippen LogP contribution is 2.21. The summed E-state index contributed by atoms with van der Waals surface area (Å²) in [5.41, 5.74) is 0.946. The quantitative estimate of drug-likeness (QED) is 0.865. The summed E-state index contributed by atoms with van der Waals surface area (Å²) >= 11 is 5.06. The number of hydrogen-bond acceptors (Lipinski definition) is 3. The fraction of sp³-hybridized carbons (Fsp3) is 0.231. The Morgan fingerprint density at radius 3 is 3.00 bits per heavy atom. The Morgan fingerprint density at radius 1 is 1.56 bits per heavy atom. The zero-order chi connectivity index (χ0) is 13.0. The molecule has 0 N–H and O–H groups in total. The second kappa shape index (κ2) is 6.11. The third-order valence-electron chi connectivity index (χ3n) is 2.52. The Balaban J connectivity index is 1.93. The summed E-state index contributed by atoms with van der Waals surface area (Å²) in [7, 11) is 1.83. The van der Waals surface area contributed by atoms with Crippen molar-refractivity contribution in [2.75, 3.05) is 7.05 Å². The number of hydrogen-bond donors (Lipinski definition) is 0. The van der Waals surface area contributed by atoms with E-state index in [1.165, 1.54) is 4.88 Å². The van der Waals surface area contributed by atoms with Crippen molar-refractivity contribution in [2.45, 2.75) is 13.0 Å². The van der Waals surface area contributed by atoms with E-state index in [-0.39, 0.29) is 5.91 Å². The van der Waals surface area contributed by atoms with E-state index in [2.05, 4.69) is 20.9 Å². The molecule has 0 saturated carbocycles. The molecule has 2 aromatic rings. The average Bonchev–Trinajstić information content (AvgIpc) is 2.76. The van der Waals surface area contributed by atoms with Crippen molar-refractivity contribution in [3.05, 3.63) is 50.9 Å². The number of amides is 1. The van der Waals surface area contributed by atoms with Gasteiger partial charge in [-0.05, 0) is 33.6 Å². The molecule has 0 bridgehead atoms. The van der Waals surface area contributed by atoms with Crippen LogP contribution in [0.5, 0.6) is 0 Å². The van der Waals surface area contributed by atoms with Gasteiger partial charge in [-0.1, -0.05) is 6.07 Å². The lowest BCUT2D eigenvalue weighted by Gasteiger charge is -2.16. The first kappa shape index (κ1) is 13.2. The number of thiophene rings is 1. The van der Waals surface area contributed by atoms with Crippen molar-refractivity contribution in [1.82, 2.24) is 9.88 Å². The minimum Gasteiger partial charge on any atom is -0.340 e. The van der Waals surface area contributed by atoms with E-state index in [4.69, 9.17) is 0 Å². The summed E-state index contributed by atoms with van der Waals surface area (Å²) in [6.07, 6.45) is 3.84. The molecule has 0 aliphatic rings. The number of aromatic nitrogens is 1. The molecule has 2 aromatic heterocycles. The van der Waals surface area contributed by atoms with Gasteiger partial charge in [0.15, 0.2) is 0 Å². The van der Waals surface area contributed by atoms with Gasteiger partial charge in [-0.3, -0.25) is 9.78 Å². The maximum absolute atomic E-state index is 12.0. The van der Waals surface area contributed by atoms with Crippen molar-refractivity contribution in [2.24, 2.45) is 0 Å². The van der Waals surface area contributed by atoms with Gasteiger partial charge in [0.05, 0.1) is 13.0 Å². The molecule has 18 heavy (non-hydrogen) atoms.